The maximum absolute atomic E-state index is 12.5. The van der Waals surface area contributed by atoms with Gasteiger partial charge in [-0.05, 0) is 36.1 Å². The van der Waals surface area contributed by atoms with Crippen molar-refractivity contribution in [2.24, 2.45) is 0 Å². The Hall–Kier alpha value is -2.33. The Morgan fingerprint density at radius 2 is 1.91 bits per heavy atom. The van der Waals surface area contributed by atoms with E-state index in [1.807, 2.05) is 36.4 Å². The number of aliphatic hydroxyl groups is 1. The van der Waals surface area contributed by atoms with Gasteiger partial charge in [-0.1, -0.05) is 36.4 Å². The van der Waals surface area contributed by atoms with Gasteiger partial charge in [0.15, 0.2) is 0 Å². The highest BCUT2D eigenvalue weighted by molar-refractivity contribution is 5.97. The third kappa shape index (κ3) is 3.12. The minimum Gasteiger partial charge on any atom is -0.507 e. The number of hydrogen-bond donors (Lipinski definition) is 2. The third-order valence-corrected chi connectivity index (χ3v) is 3.99. The number of carbonyl (C=O) groups excluding carboxylic acids is 1. The molecular formula is C18H19NO3. The molecule has 0 radical (unpaired) electrons. The van der Waals surface area contributed by atoms with Crippen LogP contribution in [0.15, 0.2) is 48.5 Å². The SMILES string of the molecule is O=C(c1cc(Cc2ccccc2)ccc1O)N1CC[C@@H](O)C1. The second kappa shape index (κ2) is 6.20. The zero-order valence-electron chi connectivity index (χ0n) is 12.3. The third-order valence-electron chi connectivity index (χ3n) is 3.99. The lowest BCUT2D eigenvalue weighted by atomic mass is 10.0. The first-order valence-electron chi connectivity index (χ1n) is 7.46. The molecule has 1 aliphatic rings. The van der Waals surface area contributed by atoms with Crippen molar-refractivity contribution in [2.45, 2.75) is 18.9 Å². The molecule has 2 aromatic rings. The van der Waals surface area contributed by atoms with Crippen molar-refractivity contribution in [1.82, 2.24) is 4.90 Å². The van der Waals surface area contributed by atoms with Crippen LogP contribution in [0.4, 0.5) is 0 Å². The Labute approximate surface area is 129 Å². The molecule has 0 bridgehead atoms. The predicted octanol–water partition coefficient (Wildman–Crippen LogP) is 2.19. The maximum Gasteiger partial charge on any atom is 0.257 e. The number of carbonyl (C=O) groups is 1. The highest BCUT2D eigenvalue weighted by Crippen LogP contribution is 2.23. The first kappa shape index (κ1) is 14.6. The maximum atomic E-state index is 12.5. The van der Waals surface area contributed by atoms with E-state index in [1.54, 1.807) is 17.0 Å². The van der Waals surface area contributed by atoms with Crippen LogP contribution < -0.4 is 0 Å². The van der Waals surface area contributed by atoms with Crippen molar-refractivity contribution in [3.63, 3.8) is 0 Å². The molecule has 3 rings (SSSR count). The molecule has 1 amide bonds. The van der Waals surface area contributed by atoms with Crippen molar-refractivity contribution < 1.29 is 15.0 Å². The smallest absolute Gasteiger partial charge is 0.257 e. The van der Waals surface area contributed by atoms with Crippen molar-refractivity contribution >= 4 is 5.91 Å². The Morgan fingerprint density at radius 3 is 2.59 bits per heavy atom. The summed E-state index contributed by atoms with van der Waals surface area (Å²) in [6, 6.07) is 15.1. The Morgan fingerprint density at radius 1 is 1.14 bits per heavy atom. The molecule has 2 aromatic carbocycles. The minimum atomic E-state index is -0.460. The summed E-state index contributed by atoms with van der Waals surface area (Å²) in [6.07, 6.45) is 0.846. The summed E-state index contributed by atoms with van der Waals surface area (Å²) in [5.74, 6) is -0.229. The van der Waals surface area contributed by atoms with Gasteiger partial charge < -0.3 is 15.1 Å². The van der Waals surface area contributed by atoms with E-state index in [1.165, 1.54) is 0 Å². The van der Waals surface area contributed by atoms with Gasteiger partial charge >= 0.3 is 0 Å². The molecule has 0 aromatic heterocycles. The number of nitrogens with zero attached hydrogens (tertiary/aromatic N) is 1. The van der Waals surface area contributed by atoms with Crippen LogP contribution in [-0.2, 0) is 6.42 Å². The standard InChI is InChI=1S/C18H19NO3/c20-15-8-9-19(12-15)18(22)16-11-14(6-7-17(16)21)10-13-4-2-1-3-5-13/h1-7,11,15,20-21H,8-10,12H2/t15-/m1/s1. The second-order valence-electron chi connectivity index (χ2n) is 5.71. The minimum absolute atomic E-state index is 0.0109. The van der Waals surface area contributed by atoms with Gasteiger partial charge in [0.25, 0.3) is 5.91 Å². The van der Waals surface area contributed by atoms with E-state index in [4.69, 9.17) is 0 Å². The van der Waals surface area contributed by atoms with E-state index in [2.05, 4.69) is 0 Å². The number of rotatable bonds is 3. The molecule has 1 heterocycles. The lowest BCUT2D eigenvalue weighted by Crippen LogP contribution is -2.29. The number of benzene rings is 2. The summed E-state index contributed by atoms with van der Waals surface area (Å²) in [7, 11) is 0. The average molecular weight is 297 g/mol. The molecule has 1 fully saturated rings. The molecule has 114 valence electrons. The van der Waals surface area contributed by atoms with Gasteiger partial charge in [-0.25, -0.2) is 0 Å². The van der Waals surface area contributed by atoms with E-state index < -0.39 is 6.10 Å². The largest absolute Gasteiger partial charge is 0.507 e. The fraction of sp³-hybridized carbons (Fsp3) is 0.278. The van der Waals surface area contributed by atoms with E-state index >= 15 is 0 Å². The van der Waals surface area contributed by atoms with Gasteiger partial charge in [0, 0.05) is 13.1 Å². The molecule has 0 saturated carbocycles. The number of aliphatic hydroxyl groups excluding tert-OH is 1. The monoisotopic (exact) mass is 297 g/mol. The van der Waals surface area contributed by atoms with Crippen LogP contribution in [0.3, 0.4) is 0 Å². The molecule has 0 unspecified atom stereocenters. The summed E-state index contributed by atoms with van der Waals surface area (Å²) in [5.41, 5.74) is 2.44. The zero-order chi connectivity index (χ0) is 15.5. The van der Waals surface area contributed by atoms with Gasteiger partial charge in [0.1, 0.15) is 5.75 Å². The first-order chi connectivity index (χ1) is 10.6. The summed E-state index contributed by atoms with van der Waals surface area (Å²) in [6.45, 7) is 0.865. The van der Waals surface area contributed by atoms with Gasteiger partial charge in [-0.15, -0.1) is 0 Å². The number of phenols is 1. The fourth-order valence-corrected chi connectivity index (χ4v) is 2.79. The van der Waals surface area contributed by atoms with E-state index in [0.717, 1.165) is 11.1 Å². The second-order valence-corrected chi connectivity index (χ2v) is 5.71. The summed E-state index contributed by atoms with van der Waals surface area (Å²) in [5, 5.41) is 19.5. The predicted molar refractivity (Wildman–Crippen MR) is 83.9 cm³/mol. The van der Waals surface area contributed by atoms with E-state index in [9.17, 15) is 15.0 Å². The van der Waals surface area contributed by atoms with Gasteiger partial charge in [0.05, 0.1) is 11.7 Å². The molecule has 4 heteroatoms. The van der Waals surface area contributed by atoms with Crippen molar-refractivity contribution in [3.05, 3.63) is 65.2 Å². The van der Waals surface area contributed by atoms with Crippen LogP contribution in [0.1, 0.15) is 27.9 Å². The highest BCUT2D eigenvalue weighted by atomic mass is 16.3. The first-order valence-corrected chi connectivity index (χ1v) is 7.46. The molecule has 1 saturated heterocycles. The van der Waals surface area contributed by atoms with Gasteiger partial charge in [-0.3, -0.25) is 4.79 Å². The topological polar surface area (TPSA) is 60.8 Å². The molecule has 22 heavy (non-hydrogen) atoms. The molecule has 1 aliphatic heterocycles. The van der Waals surface area contributed by atoms with Crippen LogP contribution in [0.2, 0.25) is 0 Å². The van der Waals surface area contributed by atoms with E-state index in [-0.39, 0.29) is 11.7 Å². The quantitative estimate of drug-likeness (QED) is 0.913. The number of hydrogen-bond acceptors (Lipinski definition) is 3. The number of phenolic OH excluding ortho intramolecular Hbond substituents is 1. The van der Waals surface area contributed by atoms with Crippen molar-refractivity contribution in [1.29, 1.82) is 0 Å². The number of aromatic hydroxyl groups is 1. The highest BCUT2D eigenvalue weighted by Gasteiger charge is 2.27. The Balaban J connectivity index is 1.82. The lowest BCUT2D eigenvalue weighted by Gasteiger charge is -2.17. The lowest BCUT2D eigenvalue weighted by molar-refractivity contribution is 0.0762. The Kier molecular flexibility index (Phi) is 4.11. The molecule has 0 aliphatic carbocycles. The normalized spacial score (nSPS) is 17.7. The molecule has 1 atom stereocenters. The van der Waals surface area contributed by atoms with Crippen LogP contribution in [0, 0.1) is 0 Å². The van der Waals surface area contributed by atoms with Crippen molar-refractivity contribution in [2.75, 3.05) is 13.1 Å². The van der Waals surface area contributed by atoms with Crippen molar-refractivity contribution in [3.8, 4) is 5.75 Å². The summed E-state index contributed by atoms with van der Waals surface area (Å²) >= 11 is 0. The molecule has 2 N–H and O–H groups in total. The van der Waals surface area contributed by atoms with E-state index in [0.29, 0.717) is 31.5 Å². The number of amides is 1. The molecule has 0 spiro atoms. The summed E-state index contributed by atoms with van der Waals surface area (Å²) in [4.78, 5) is 14.1. The van der Waals surface area contributed by atoms with Crippen LogP contribution in [0.5, 0.6) is 5.75 Å². The van der Waals surface area contributed by atoms with Crippen LogP contribution >= 0.6 is 0 Å². The average Bonchev–Trinajstić information content (AvgIpc) is 2.96. The number of β-amino-alcohol motifs (C(OH)–C–C–N with tert-alkyl or cyclic N) is 1. The molecule has 4 nitrogen and oxygen atoms in total. The fourth-order valence-electron chi connectivity index (χ4n) is 2.79. The number of likely N-dealkylation sites (tertiary alicyclic amines) is 1. The van der Waals surface area contributed by atoms with Crippen LogP contribution in [0.25, 0.3) is 0 Å². The molecular weight excluding hydrogens is 278 g/mol. The van der Waals surface area contributed by atoms with Gasteiger partial charge in [0.2, 0.25) is 0 Å². The summed E-state index contributed by atoms with van der Waals surface area (Å²) < 4.78 is 0. The van der Waals surface area contributed by atoms with Gasteiger partial charge in [-0.2, -0.15) is 0 Å². The Bertz CT molecular complexity index is 669. The zero-order valence-corrected chi connectivity index (χ0v) is 12.3. The van der Waals surface area contributed by atoms with Crippen LogP contribution in [-0.4, -0.2) is 40.2 Å².